The average Bonchev–Trinajstić information content (AvgIpc) is 2.18. The molecule has 0 fully saturated rings. The van der Waals surface area contributed by atoms with Crippen molar-refractivity contribution in [2.45, 2.75) is 6.92 Å². The number of nitrogens with zero attached hydrogens (tertiary/aromatic N) is 3. The average molecular weight is 196 g/mol. The summed E-state index contributed by atoms with van der Waals surface area (Å²) in [6, 6.07) is 0. The summed E-state index contributed by atoms with van der Waals surface area (Å²) in [5.74, 6) is 1.16. The Morgan fingerprint density at radius 3 is 2.93 bits per heavy atom. The minimum Gasteiger partial charge on any atom is -0.383 e. The van der Waals surface area contributed by atoms with Gasteiger partial charge in [-0.15, -0.1) is 0 Å². The highest BCUT2D eigenvalue weighted by atomic mass is 16.5. The topological polar surface area (TPSA) is 64.3 Å². The van der Waals surface area contributed by atoms with Crippen LogP contribution in [0.2, 0.25) is 0 Å². The fraction of sp³-hybridized carbons (Fsp3) is 0.556. The van der Waals surface area contributed by atoms with Gasteiger partial charge in [-0.3, -0.25) is 0 Å². The molecule has 78 valence electrons. The number of aryl methyl sites for hydroxylation is 1. The third-order valence-corrected chi connectivity index (χ3v) is 1.96. The molecule has 0 aliphatic rings. The molecule has 0 aliphatic carbocycles. The maximum atomic E-state index is 5.51. The molecule has 1 aromatic heterocycles. The molecule has 0 saturated carbocycles. The molecule has 0 saturated heterocycles. The lowest BCUT2D eigenvalue weighted by atomic mass is 10.3. The molecule has 0 aliphatic heterocycles. The molecule has 5 nitrogen and oxygen atoms in total. The Labute approximate surface area is 83.9 Å². The van der Waals surface area contributed by atoms with Crippen LogP contribution in [-0.4, -0.2) is 37.3 Å². The Morgan fingerprint density at radius 1 is 1.57 bits per heavy atom. The maximum Gasteiger partial charge on any atom is 0.221 e. The number of rotatable bonds is 4. The summed E-state index contributed by atoms with van der Waals surface area (Å²) in [6.07, 6.45) is 1.72. The molecule has 2 N–H and O–H groups in total. The van der Waals surface area contributed by atoms with Gasteiger partial charge in [0.2, 0.25) is 5.95 Å². The summed E-state index contributed by atoms with van der Waals surface area (Å²) >= 11 is 0. The van der Waals surface area contributed by atoms with Gasteiger partial charge in [0, 0.05) is 32.5 Å². The van der Waals surface area contributed by atoms with Crippen LogP contribution in [0.5, 0.6) is 0 Å². The van der Waals surface area contributed by atoms with Crippen molar-refractivity contribution >= 4 is 11.8 Å². The van der Waals surface area contributed by atoms with Gasteiger partial charge < -0.3 is 15.4 Å². The number of nitrogen functional groups attached to an aromatic ring is 1. The van der Waals surface area contributed by atoms with E-state index < -0.39 is 0 Å². The summed E-state index contributed by atoms with van der Waals surface area (Å²) in [5, 5.41) is 0. The molecular formula is C9H16N4O. The second-order valence-corrected chi connectivity index (χ2v) is 3.15. The lowest BCUT2D eigenvalue weighted by molar-refractivity contribution is 0.206. The normalized spacial score (nSPS) is 10.2. The van der Waals surface area contributed by atoms with E-state index in [0.29, 0.717) is 12.6 Å². The van der Waals surface area contributed by atoms with Crippen molar-refractivity contribution < 1.29 is 4.74 Å². The minimum atomic E-state index is 0.301. The van der Waals surface area contributed by atoms with E-state index in [4.69, 9.17) is 10.5 Å². The van der Waals surface area contributed by atoms with Crippen LogP contribution in [0, 0.1) is 6.92 Å². The van der Waals surface area contributed by atoms with E-state index >= 15 is 0 Å². The van der Waals surface area contributed by atoms with E-state index in [-0.39, 0.29) is 0 Å². The van der Waals surface area contributed by atoms with Gasteiger partial charge in [0.1, 0.15) is 5.82 Å². The molecule has 0 radical (unpaired) electrons. The number of aromatic nitrogens is 2. The second-order valence-electron chi connectivity index (χ2n) is 3.15. The van der Waals surface area contributed by atoms with Gasteiger partial charge in [-0.25, -0.2) is 4.98 Å². The number of hydrogen-bond donors (Lipinski definition) is 1. The third-order valence-electron chi connectivity index (χ3n) is 1.96. The largest absolute Gasteiger partial charge is 0.383 e. The monoisotopic (exact) mass is 196 g/mol. The molecule has 0 aromatic carbocycles. The quantitative estimate of drug-likeness (QED) is 0.757. The fourth-order valence-corrected chi connectivity index (χ4v) is 1.17. The van der Waals surface area contributed by atoms with Gasteiger partial charge in [0.15, 0.2) is 0 Å². The predicted octanol–water partition coefficient (Wildman–Crippen LogP) is 0.450. The molecule has 1 rings (SSSR count). The number of ether oxygens (including phenoxy) is 1. The first-order chi connectivity index (χ1) is 6.65. The van der Waals surface area contributed by atoms with E-state index in [9.17, 15) is 0 Å². The van der Waals surface area contributed by atoms with Crippen molar-refractivity contribution in [2.75, 3.05) is 37.9 Å². The molecule has 0 amide bonds. The van der Waals surface area contributed by atoms with E-state index in [0.717, 1.165) is 17.9 Å². The zero-order valence-corrected chi connectivity index (χ0v) is 8.82. The van der Waals surface area contributed by atoms with Gasteiger partial charge in [-0.2, -0.15) is 4.98 Å². The van der Waals surface area contributed by atoms with Gasteiger partial charge in [0.05, 0.1) is 6.61 Å². The summed E-state index contributed by atoms with van der Waals surface area (Å²) in [5.41, 5.74) is 6.53. The van der Waals surface area contributed by atoms with Gasteiger partial charge in [-0.05, 0) is 6.92 Å². The molecule has 0 spiro atoms. The van der Waals surface area contributed by atoms with Crippen LogP contribution in [0.25, 0.3) is 0 Å². The van der Waals surface area contributed by atoms with Gasteiger partial charge in [-0.1, -0.05) is 0 Å². The number of anilines is 2. The van der Waals surface area contributed by atoms with Crippen molar-refractivity contribution in [3.8, 4) is 0 Å². The van der Waals surface area contributed by atoms with E-state index in [1.165, 1.54) is 0 Å². The zero-order chi connectivity index (χ0) is 10.6. The summed E-state index contributed by atoms with van der Waals surface area (Å²) in [7, 11) is 3.63. The van der Waals surface area contributed by atoms with E-state index in [1.807, 2.05) is 18.9 Å². The zero-order valence-electron chi connectivity index (χ0n) is 8.82. The third kappa shape index (κ3) is 2.56. The predicted molar refractivity (Wildman–Crippen MR) is 56.3 cm³/mol. The first-order valence-corrected chi connectivity index (χ1v) is 4.44. The Bertz CT molecular complexity index is 303. The van der Waals surface area contributed by atoms with Crippen LogP contribution in [0.3, 0.4) is 0 Å². The first kappa shape index (κ1) is 10.7. The van der Waals surface area contributed by atoms with Crippen LogP contribution < -0.4 is 10.6 Å². The summed E-state index contributed by atoms with van der Waals surface area (Å²) < 4.78 is 4.99. The number of methoxy groups -OCH3 is 1. The number of hydrogen-bond acceptors (Lipinski definition) is 5. The Balaban J connectivity index is 2.77. The molecular weight excluding hydrogens is 180 g/mol. The standard InChI is InChI=1S/C9H16N4O/c1-7-6-11-9(10)12-8(7)13(2)4-5-14-3/h6H,4-5H2,1-3H3,(H2,10,11,12). The Kier molecular flexibility index (Phi) is 3.64. The first-order valence-electron chi connectivity index (χ1n) is 4.44. The van der Waals surface area contributed by atoms with Crippen molar-refractivity contribution in [3.63, 3.8) is 0 Å². The van der Waals surface area contributed by atoms with Crippen LogP contribution in [-0.2, 0) is 4.74 Å². The van der Waals surface area contributed by atoms with Gasteiger partial charge in [0.25, 0.3) is 0 Å². The molecule has 1 aromatic rings. The fourth-order valence-electron chi connectivity index (χ4n) is 1.17. The van der Waals surface area contributed by atoms with Crippen molar-refractivity contribution in [1.82, 2.24) is 9.97 Å². The Morgan fingerprint density at radius 2 is 2.29 bits per heavy atom. The molecule has 0 bridgehead atoms. The molecule has 5 heteroatoms. The molecule has 14 heavy (non-hydrogen) atoms. The second kappa shape index (κ2) is 4.76. The highest BCUT2D eigenvalue weighted by Crippen LogP contribution is 2.14. The highest BCUT2D eigenvalue weighted by Gasteiger charge is 2.06. The summed E-state index contributed by atoms with van der Waals surface area (Å²) in [4.78, 5) is 10.1. The SMILES string of the molecule is COCCN(C)c1nc(N)ncc1C. The van der Waals surface area contributed by atoms with Crippen LogP contribution in [0.15, 0.2) is 6.20 Å². The van der Waals surface area contributed by atoms with Crippen molar-refractivity contribution in [3.05, 3.63) is 11.8 Å². The smallest absolute Gasteiger partial charge is 0.221 e. The molecule has 1 heterocycles. The van der Waals surface area contributed by atoms with E-state index in [2.05, 4.69) is 9.97 Å². The lowest BCUT2D eigenvalue weighted by Crippen LogP contribution is -2.24. The van der Waals surface area contributed by atoms with Crippen LogP contribution >= 0.6 is 0 Å². The molecule has 0 atom stereocenters. The van der Waals surface area contributed by atoms with E-state index in [1.54, 1.807) is 13.3 Å². The number of likely N-dealkylation sites (N-methyl/N-ethyl adjacent to an activating group) is 1. The highest BCUT2D eigenvalue weighted by molar-refractivity contribution is 5.47. The Hall–Kier alpha value is -1.36. The van der Waals surface area contributed by atoms with Crippen LogP contribution in [0.1, 0.15) is 5.56 Å². The van der Waals surface area contributed by atoms with Crippen molar-refractivity contribution in [1.29, 1.82) is 0 Å². The lowest BCUT2D eigenvalue weighted by Gasteiger charge is -2.19. The van der Waals surface area contributed by atoms with Gasteiger partial charge >= 0.3 is 0 Å². The van der Waals surface area contributed by atoms with Crippen molar-refractivity contribution in [2.24, 2.45) is 0 Å². The number of nitrogens with two attached hydrogens (primary N) is 1. The summed E-state index contributed by atoms with van der Waals surface area (Å²) in [6.45, 7) is 3.41. The van der Waals surface area contributed by atoms with Crippen LogP contribution in [0.4, 0.5) is 11.8 Å². The minimum absolute atomic E-state index is 0.301. The molecule has 0 unspecified atom stereocenters. The maximum absolute atomic E-state index is 5.51.